The summed E-state index contributed by atoms with van der Waals surface area (Å²) in [6, 6.07) is 2.02. The first-order valence-corrected chi connectivity index (χ1v) is 8.80. The summed E-state index contributed by atoms with van der Waals surface area (Å²) in [5.41, 5.74) is -1.20. The molecule has 1 unspecified atom stereocenters. The number of carboxylic acids is 1. The number of carbonyl (C=O) groups is 3. The highest BCUT2D eigenvalue weighted by atomic mass is 32.1. The van der Waals surface area contributed by atoms with Crippen LogP contribution in [0.15, 0.2) is 11.4 Å². The van der Waals surface area contributed by atoms with Crippen LogP contribution in [0.4, 0.5) is 4.39 Å². The van der Waals surface area contributed by atoms with Gasteiger partial charge in [-0.15, -0.1) is 11.3 Å². The topological polar surface area (TPSA) is 77.9 Å². The van der Waals surface area contributed by atoms with Crippen molar-refractivity contribution in [1.82, 2.24) is 9.80 Å². The van der Waals surface area contributed by atoms with Gasteiger partial charge in [-0.05, 0) is 23.4 Å². The van der Waals surface area contributed by atoms with Crippen molar-refractivity contribution in [2.24, 2.45) is 0 Å². The van der Waals surface area contributed by atoms with Crippen molar-refractivity contribution < 1.29 is 23.9 Å². The molecule has 1 aromatic rings. The van der Waals surface area contributed by atoms with E-state index in [0.717, 1.165) is 12.0 Å². The third-order valence-corrected chi connectivity index (χ3v) is 5.69. The van der Waals surface area contributed by atoms with E-state index in [4.69, 9.17) is 5.11 Å². The van der Waals surface area contributed by atoms with Crippen LogP contribution in [-0.2, 0) is 27.3 Å². The second-order valence-electron chi connectivity index (χ2n) is 6.27. The molecule has 1 N–H and O–H groups in total. The summed E-state index contributed by atoms with van der Waals surface area (Å²) in [5, 5.41) is 10.9. The smallest absolute Gasteiger partial charge is 0.343 e. The molecule has 130 valence electrons. The van der Waals surface area contributed by atoms with Crippen LogP contribution >= 0.6 is 11.3 Å². The standard InChI is InChI=1S/C16H19FN2O4S/c17-16(15(22)23)5-7-19(10-16)14(21)2-1-13(20)18-6-3-12-11(9-18)4-8-24-12/h4,8H,1-3,5-7,9-10H2,(H,22,23). The molecule has 2 aliphatic heterocycles. The molecule has 1 atom stereocenters. The summed E-state index contributed by atoms with van der Waals surface area (Å²) < 4.78 is 14.0. The van der Waals surface area contributed by atoms with Crippen molar-refractivity contribution in [2.45, 2.75) is 37.9 Å². The summed E-state index contributed by atoms with van der Waals surface area (Å²) in [5.74, 6) is -1.99. The van der Waals surface area contributed by atoms with E-state index < -0.39 is 18.2 Å². The Morgan fingerprint density at radius 2 is 1.92 bits per heavy atom. The predicted molar refractivity (Wildman–Crippen MR) is 85.3 cm³/mol. The van der Waals surface area contributed by atoms with Gasteiger partial charge in [0.15, 0.2) is 0 Å². The number of thiophene rings is 1. The van der Waals surface area contributed by atoms with Crippen molar-refractivity contribution in [3.63, 3.8) is 0 Å². The summed E-state index contributed by atoms with van der Waals surface area (Å²) in [4.78, 5) is 39.5. The van der Waals surface area contributed by atoms with Crippen LogP contribution in [0.2, 0.25) is 0 Å². The second-order valence-corrected chi connectivity index (χ2v) is 7.27. The Hall–Kier alpha value is -1.96. The van der Waals surface area contributed by atoms with Crippen molar-refractivity contribution in [1.29, 1.82) is 0 Å². The molecule has 1 saturated heterocycles. The molecule has 0 bridgehead atoms. The number of alkyl halides is 1. The van der Waals surface area contributed by atoms with Crippen LogP contribution in [-0.4, -0.2) is 58.0 Å². The third kappa shape index (κ3) is 3.28. The highest BCUT2D eigenvalue weighted by Gasteiger charge is 2.46. The minimum Gasteiger partial charge on any atom is -0.479 e. The highest BCUT2D eigenvalue weighted by Crippen LogP contribution is 2.27. The molecule has 2 aliphatic rings. The maximum absolute atomic E-state index is 14.0. The number of amides is 2. The molecule has 3 heterocycles. The third-order valence-electron chi connectivity index (χ3n) is 4.67. The first-order chi connectivity index (χ1) is 11.4. The molecule has 2 amide bonds. The normalized spacial score (nSPS) is 23.2. The van der Waals surface area contributed by atoms with Gasteiger partial charge in [0.2, 0.25) is 17.5 Å². The number of hydrogen-bond donors (Lipinski definition) is 1. The Bertz CT molecular complexity index is 677. The number of rotatable bonds is 4. The van der Waals surface area contributed by atoms with Gasteiger partial charge in [0.1, 0.15) is 0 Å². The average Bonchev–Trinajstić information content (AvgIpc) is 3.18. The maximum Gasteiger partial charge on any atom is 0.343 e. The molecule has 8 heteroatoms. The molecule has 6 nitrogen and oxygen atoms in total. The van der Waals surface area contributed by atoms with Crippen LogP contribution in [0.25, 0.3) is 0 Å². The lowest BCUT2D eigenvalue weighted by Gasteiger charge is -2.27. The molecule has 0 saturated carbocycles. The Morgan fingerprint density at radius 1 is 1.21 bits per heavy atom. The number of carboxylic acid groups (broad SMARTS) is 1. The van der Waals surface area contributed by atoms with Gasteiger partial charge < -0.3 is 14.9 Å². The van der Waals surface area contributed by atoms with Gasteiger partial charge >= 0.3 is 5.97 Å². The van der Waals surface area contributed by atoms with Crippen LogP contribution in [0, 0.1) is 0 Å². The van der Waals surface area contributed by atoms with E-state index in [9.17, 15) is 18.8 Å². The zero-order chi connectivity index (χ0) is 17.3. The van der Waals surface area contributed by atoms with Gasteiger partial charge in [-0.3, -0.25) is 9.59 Å². The van der Waals surface area contributed by atoms with Crippen LogP contribution in [0.3, 0.4) is 0 Å². The molecule has 24 heavy (non-hydrogen) atoms. The van der Waals surface area contributed by atoms with E-state index >= 15 is 0 Å². The van der Waals surface area contributed by atoms with Crippen molar-refractivity contribution in [2.75, 3.05) is 19.6 Å². The molecule has 0 radical (unpaired) electrons. The molecule has 0 aromatic carbocycles. The lowest BCUT2D eigenvalue weighted by molar-refractivity contribution is -0.150. The van der Waals surface area contributed by atoms with Crippen LogP contribution in [0.1, 0.15) is 29.7 Å². The largest absolute Gasteiger partial charge is 0.479 e. The zero-order valence-electron chi connectivity index (χ0n) is 13.2. The number of hydrogen-bond acceptors (Lipinski definition) is 4. The number of halogens is 1. The number of carbonyl (C=O) groups excluding carboxylic acids is 2. The molecule has 1 fully saturated rings. The molecular formula is C16H19FN2O4S. The maximum atomic E-state index is 14.0. The molecular weight excluding hydrogens is 335 g/mol. The van der Waals surface area contributed by atoms with Gasteiger partial charge in [0.05, 0.1) is 6.54 Å². The van der Waals surface area contributed by atoms with E-state index in [1.807, 2.05) is 11.4 Å². The van der Waals surface area contributed by atoms with Crippen molar-refractivity contribution >= 4 is 29.1 Å². The molecule has 0 spiro atoms. The first-order valence-electron chi connectivity index (χ1n) is 7.92. The summed E-state index contributed by atoms with van der Waals surface area (Å²) >= 11 is 1.69. The number of likely N-dealkylation sites (tertiary alicyclic amines) is 1. The Morgan fingerprint density at radius 3 is 2.58 bits per heavy atom. The molecule has 0 aliphatic carbocycles. The van der Waals surface area contributed by atoms with E-state index in [-0.39, 0.29) is 37.6 Å². The van der Waals surface area contributed by atoms with Gasteiger partial charge in [-0.2, -0.15) is 0 Å². The number of aliphatic carboxylic acids is 1. The lowest BCUT2D eigenvalue weighted by Crippen LogP contribution is -2.39. The second kappa shape index (κ2) is 6.51. The fourth-order valence-electron chi connectivity index (χ4n) is 3.15. The fourth-order valence-corrected chi connectivity index (χ4v) is 4.04. The lowest BCUT2D eigenvalue weighted by atomic mass is 10.1. The van der Waals surface area contributed by atoms with Gasteiger partial charge in [-0.1, -0.05) is 0 Å². The van der Waals surface area contributed by atoms with E-state index in [2.05, 4.69) is 0 Å². The van der Waals surface area contributed by atoms with Gasteiger partial charge in [-0.25, -0.2) is 9.18 Å². The summed E-state index contributed by atoms with van der Waals surface area (Å²) in [6.07, 6.45) is 0.694. The SMILES string of the molecule is O=C(CCC(=O)N1CCC(F)(C(=O)O)C1)N1CCc2sccc2C1. The van der Waals surface area contributed by atoms with Gasteiger partial charge in [0.25, 0.3) is 0 Å². The van der Waals surface area contributed by atoms with E-state index in [0.29, 0.717) is 13.1 Å². The van der Waals surface area contributed by atoms with Crippen molar-refractivity contribution in [3.05, 3.63) is 21.9 Å². The zero-order valence-corrected chi connectivity index (χ0v) is 14.0. The molecule has 1 aromatic heterocycles. The summed E-state index contributed by atoms with van der Waals surface area (Å²) in [7, 11) is 0. The van der Waals surface area contributed by atoms with Gasteiger partial charge in [0, 0.05) is 43.8 Å². The molecule has 3 rings (SSSR count). The monoisotopic (exact) mass is 354 g/mol. The first kappa shape index (κ1) is 16.9. The Kier molecular flexibility index (Phi) is 4.58. The van der Waals surface area contributed by atoms with E-state index in [1.165, 1.54) is 9.78 Å². The van der Waals surface area contributed by atoms with Crippen LogP contribution < -0.4 is 0 Å². The minimum atomic E-state index is -2.36. The van der Waals surface area contributed by atoms with Crippen molar-refractivity contribution in [3.8, 4) is 0 Å². The van der Waals surface area contributed by atoms with E-state index in [1.54, 1.807) is 16.2 Å². The highest BCUT2D eigenvalue weighted by molar-refractivity contribution is 7.10. The quantitative estimate of drug-likeness (QED) is 0.887. The average molecular weight is 354 g/mol. The van der Waals surface area contributed by atoms with Crippen LogP contribution in [0.5, 0.6) is 0 Å². The number of nitrogens with zero attached hydrogens (tertiary/aromatic N) is 2. The summed E-state index contributed by atoms with van der Waals surface area (Å²) in [6.45, 7) is 0.869. The Labute approximate surface area is 142 Å². The Balaban J connectivity index is 1.49. The minimum absolute atomic E-state index is 0.0124. The predicted octanol–water partition coefficient (Wildman–Crippen LogP) is 1.44. The number of fused-ring (bicyclic) bond motifs is 1. The fraction of sp³-hybridized carbons (Fsp3) is 0.562.